The van der Waals surface area contributed by atoms with Crippen LogP contribution in [-0.2, 0) is 31.3 Å². The number of nitrogens with zero attached hydrogens (tertiary/aromatic N) is 1. The van der Waals surface area contributed by atoms with Gasteiger partial charge in [-0.3, -0.25) is 14.5 Å². The standard InChI is InChI=1S/C21H24N4O5S2/c1-14-3-2-4-17(11-14)31(27,28)24-18(21-22-9-10-23-21)12-15-5-7-16(8-6-15)19-13-20(26)25-32(19,29)30/h2-8,11,18-19,24H,9-10,12-13H2,1H3,(H,22,23)(H,25,26). The quantitative estimate of drug-likeness (QED) is 0.541. The third-order valence-electron chi connectivity index (χ3n) is 5.42. The number of hydrogen-bond donors (Lipinski definition) is 3. The van der Waals surface area contributed by atoms with Crippen molar-refractivity contribution >= 4 is 31.8 Å². The maximum absolute atomic E-state index is 13.0. The molecule has 11 heteroatoms. The molecular formula is C21H24N4O5S2. The summed E-state index contributed by atoms with van der Waals surface area (Å²) in [5.74, 6) is 0.0495. The lowest BCUT2D eigenvalue weighted by molar-refractivity contribution is -0.118. The third-order valence-corrected chi connectivity index (χ3v) is 8.59. The topological polar surface area (TPSA) is 134 Å². The van der Waals surface area contributed by atoms with Crippen LogP contribution >= 0.6 is 0 Å². The molecular weight excluding hydrogens is 452 g/mol. The first-order chi connectivity index (χ1) is 15.1. The van der Waals surface area contributed by atoms with Gasteiger partial charge in [-0.05, 0) is 42.2 Å². The van der Waals surface area contributed by atoms with Gasteiger partial charge in [0.15, 0.2) is 0 Å². The van der Waals surface area contributed by atoms with Crippen LogP contribution in [0.25, 0.3) is 0 Å². The number of sulfonamides is 2. The van der Waals surface area contributed by atoms with Crippen molar-refractivity contribution in [1.82, 2.24) is 14.8 Å². The molecule has 0 aromatic heterocycles. The van der Waals surface area contributed by atoms with Gasteiger partial charge in [-0.1, -0.05) is 36.4 Å². The van der Waals surface area contributed by atoms with Crippen LogP contribution in [0.3, 0.4) is 0 Å². The minimum atomic E-state index is -3.78. The molecule has 0 spiro atoms. The van der Waals surface area contributed by atoms with E-state index in [1.54, 1.807) is 42.5 Å². The Balaban J connectivity index is 1.55. The van der Waals surface area contributed by atoms with Crippen LogP contribution in [-0.4, -0.2) is 47.7 Å². The third kappa shape index (κ3) is 4.84. The fourth-order valence-electron chi connectivity index (χ4n) is 3.83. The van der Waals surface area contributed by atoms with Gasteiger partial charge in [0, 0.05) is 6.54 Å². The molecule has 1 saturated heterocycles. The zero-order valence-electron chi connectivity index (χ0n) is 17.4. The summed E-state index contributed by atoms with van der Waals surface area (Å²) < 4.78 is 54.9. The molecule has 32 heavy (non-hydrogen) atoms. The maximum atomic E-state index is 13.0. The molecule has 2 aliphatic heterocycles. The molecule has 3 N–H and O–H groups in total. The van der Waals surface area contributed by atoms with Gasteiger partial charge in [0.05, 0.1) is 23.9 Å². The molecule has 2 atom stereocenters. The number of aliphatic imine (C=N–C) groups is 1. The van der Waals surface area contributed by atoms with Crippen molar-refractivity contribution in [2.45, 2.75) is 36.0 Å². The van der Waals surface area contributed by atoms with E-state index in [1.807, 2.05) is 17.7 Å². The smallest absolute Gasteiger partial charge is 0.242 e. The zero-order chi connectivity index (χ0) is 22.9. The van der Waals surface area contributed by atoms with Crippen LogP contribution in [0.2, 0.25) is 0 Å². The normalized spacial score (nSPS) is 21.0. The molecule has 0 radical (unpaired) electrons. The second kappa shape index (κ2) is 8.64. The number of rotatable bonds is 7. The van der Waals surface area contributed by atoms with Crippen molar-refractivity contribution in [3.63, 3.8) is 0 Å². The van der Waals surface area contributed by atoms with Crippen molar-refractivity contribution in [2.75, 3.05) is 13.1 Å². The molecule has 2 aromatic rings. The van der Waals surface area contributed by atoms with E-state index in [2.05, 4.69) is 15.0 Å². The summed E-state index contributed by atoms with van der Waals surface area (Å²) in [6.07, 6.45) is 0.215. The molecule has 2 aromatic carbocycles. The number of carbonyl (C=O) groups excluding carboxylic acids is 1. The monoisotopic (exact) mass is 476 g/mol. The first kappa shape index (κ1) is 22.4. The van der Waals surface area contributed by atoms with Crippen molar-refractivity contribution < 1.29 is 21.6 Å². The fraction of sp³-hybridized carbons (Fsp3) is 0.333. The van der Waals surface area contributed by atoms with Crippen LogP contribution in [0.4, 0.5) is 0 Å². The Morgan fingerprint density at radius 1 is 1.19 bits per heavy atom. The van der Waals surface area contributed by atoms with E-state index in [0.717, 1.165) is 11.1 Å². The Bertz CT molecular complexity index is 1270. The number of amidine groups is 1. The summed E-state index contributed by atoms with van der Waals surface area (Å²) in [6, 6.07) is 12.9. The molecule has 0 aliphatic carbocycles. The summed E-state index contributed by atoms with van der Waals surface area (Å²) >= 11 is 0. The van der Waals surface area contributed by atoms with Crippen LogP contribution < -0.4 is 14.8 Å². The van der Waals surface area contributed by atoms with Crippen molar-refractivity contribution in [1.29, 1.82) is 0 Å². The number of amides is 1. The van der Waals surface area contributed by atoms with E-state index in [4.69, 9.17) is 0 Å². The Morgan fingerprint density at radius 2 is 1.94 bits per heavy atom. The van der Waals surface area contributed by atoms with Gasteiger partial charge in [0.1, 0.15) is 11.1 Å². The van der Waals surface area contributed by atoms with Gasteiger partial charge >= 0.3 is 0 Å². The van der Waals surface area contributed by atoms with E-state index >= 15 is 0 Å². The summed E-state index contributed by atoms with van der Waals surface area (Å²) in [6.45, 7) is 3.03. The van der Waals surface area contributed by atoms with E-state index in [0.29, 0.717) is 30.9 Å². The average molecular weight is 477 g/mol. The maximum Gasteiger partial charge on any atom is 0.242 e. The van der Waals surface area contributed by atoms with Crippen molar-refractivity contribution in [3.05, 3.63) is 65.2 Å². The van der Waals surface area contributed by atoms with Crippen molar-refractivity contribution in [2.24, 2.45) is 4.99 Å². The lowest BCUT2D eigenvalue weighted by Gasteiger charge is -2.20. The molecule has 1 fully saturated rings. The number of benzene rings is 2. The summed E-state index contributed by atoms with van der Waals surface area (Å²) in [5.41, 5.74) is 2.16. The lowest BCUT2D eigenvalue weighted by atomic mass is 10.0. The van der Waals surface area contributed by atoms with Crippen LogP contribution in [0.5, 0.6) is 0 Å². The minimum absolute atomic E-state index is 0.110. The molecule has 9 nitrogen and oxygen atoms in total. The average Bonchev–Trinajstić information content (AvgIpc) is 3.35. The van der Waals surface area contributed by atoms with Gasteiger partial charge in [-0.2, -0.15) is 0 Å². The first-order valence-electron chi connectivity index (χ1n) is 10.1. The summed E-state index contributed by atoms with van der Waals surface area (Å²) in [7, 11) is -7.50. The molecule has 4 rings (SSSR count). The molecule has 2 heterocycles. The van der Waals surface area contributed by atoms with Crippen LogP contribution in [0.15, 0.2) is 58.4 Å². The van der Waals surface area contributed by atoms with Gasteiger partial charge < -0.3 is 5.32 Å². The molecule has 1 amide bonds. The Hall–Kier alpha value is -2.76. The largest absolute Gasteiger partial charge is 0.371 e. The zero-order valence-corrected chi connectivity index (χ0v) is 19.0. The minimum Gasteiger partial charge on any atom is -0.371 e. The highest BCUT2D eigenvalue weighted by Gasteiger charge is 2.37. The number of hydrogen-bond acceptors (Lipinski definition) is 7. The number of nitrogens with one attached hydrogen (secondary N) is 3. The summed E-state index contributed by atoms with van der Waals surface area (Å²) in [5, 5.41) is 2.22. The Kier molecular flexibility index (Phi) is 6.06. The molecule has 0 saturated carbocycles. The predicted octanol–water partition coefficient (Wildman–Crippen LogP) is 0.777. The van der Waals surface area contributed by atoms with Crippen LogP contribution in [0, 0.1) is 6.92 Å². The summed E-state index contributed by atoms with van der Waals surface area (Å²) in [4.78, 5) is 16.1. The lowest BCUT2D eigenvalue weighted by Crippen LogP contribution is -2.46. The highest BCUT2D eigenvalue weighted by molar-refractivity contribution is 7.90. The van der Waals surface area contributed by atoms with Gasteiger partial charge in [0.2, 0.25) is 26.0 Å². The van der Waals surface area contributed by atoms with E-state index in [9.17, 15) is 21.6 Å². The molecule has 170 valence electrons. The SMILES string of the molecule is Cc1cccc(S(=O)(=O)NC(Cc2ccc(C3CC(=O)NS3(=O)=O)cc2)C2=NCCN2)c1. The number of carbonyl (C=O) groups is 1. The van der Waals surface area contributed by atoms with E-state index < -0.39 is 37.2 Å². The fourth-order valence-corrected chi connectivity index (χ4v) is 6.57. The van der Waals surface area contributed by atoms with Gasteiger partial charge in [-0.25, -0.2) is 21.6 Å². The highest BCUT2D eigenvalue weighted by Crippen LogP contribution is 2.30. The highest BCUT2D eigenvalue weighted by atomic mass is 32.2. The Labute approximate surface area is 187 Å². The second-order valence-corrected chi connectivity index (χ2v) is 11.5. The Morgan fingerprint density at radius 3 is 2.53 bits per heavy atom. The predicted molar refractivity (Wildman–Crippen MR) is 120 cm³/mol. The van der Waals surface area contributed by atoms with Gasteiger partial charge in [-0.15, -0.1) is 0 Å². The molecule has 2 unspecified atom stereocenters. The van der Waals surface area contributed by atoms with E-state index in [-0.39, 0.29) is 11.3 Å². The van der Waals surface area contributed by atoms with Gasteiger partial charge in [0.25, 0.3) is 0 Å². The molecule has 2 aliphatic rings. The van der Waals surface area contributed by atoms with Crippen LogP contribution in [0.1, 0.15) is 28.4 Å². The first-order valence-corrected chi connectivity index (χ1v) is 13.2. The van der Waals surface area contributed by atoms with Crippen molar-refractivity contribution in [3.8, 4) is 0 Å². The van der Waals surface area contributed by atoms with E-state index in [1.165, 1.54) is 0 Å². The molecule has 0 bridgehead atoms. The second-order valence-electron chi connectivity index (χ2n) is 7.89. The number of aryl methyl sites for hydroxylation is 1.